The zero-order chi connectivity index (χ0) is 14.4. The Labute approximate surface area is 130 Å². The van der Waals surface area contributed by atoms with Crippen molar-refractivity contribution in [3.8, 4) is 0 Å². The summed E-state index contributed by atoms with van der Waals surface area (Å²) < 4.78 is 5.33. The van der Waals surface area contributed by atoms with Gasteiger partial charge in [0.1, 0.15) is 17.6 Å². The Kier molecular flexibility index (Phi) is 6.39. The highest BCUT2D eigenvalue weighted by Crippen LogP contribution is 2.31. The van der Waals surface area contributed by atoms with Crippen molar-refractivity contribution in [3.05, 3.63) is 17.0 Å². The van der Waals surface area contributed by atoms with Gasteiger partial charge in [-0.1, -0.05) is 18.5 Å². The molecule has 1 aliphatic rings. The molecular weight excluding hydrogens is 294 g/mol. The number of aromatic nitrogens is 2. The van der Waals surface area contributed by atoms with Crippen LogP contribution < -0.4 is 5.32 Å². The fourth-order valence-corrected chi connectivity index (χ4v) is 3.81. The van der Waals surface area contributed by atoms with E-state index in [1.165, 1.54) is 25.0 Å². The number of halogens is 1. The molecule has 2 unspecified atom stereocenters. The molecule has 0 saturated heterocycles. The molecule has 0 aromatic carbocycles. The summed E-state index contributed by atoms with van der Waals surface area (Å²) in [4.78, 5) is 8.64. The van der Waals surface area contributed by atoms with Crippen LogP contribution in [0.2, 0.25) is 5.15 Å². The van der Waals surface area contributed by atoms with Crippen LogP contribution in [0.1, 0.15) is 38.9 Å². The van der Waals surface area contributed by atoms with Crippen molar-refractivity contribution in [2.24, 2.45) is 0 Å². The first-order valence-electron chi connectivity index (χ1n) is 7.20. The van der Waals surface area contributed by atoms with Crippen molar-refractivity contribution in [2.75, 3.05) is 17.7 Å². The minimum atomic E-state index is 0.407. The molecule has 1 aliphatic carbocycles. The number of thioether (sulfide) groups is 1. The topological polar surface area (TPSA) is 47.0 Å². The molecule has 4 nitrogen and oxygen atoms in total. The van der Waals surface area contributed by atoms with Crippen LogP contribution in [0.3, 0.4) is 0 Å². The molecule has 2 atom stereocenters. The van der Waals surface area contributed by atoms with E-state index in [0.717, 1.165) is 11.1 Å². The molecule has 0 amide bonds. The summed E-state index contributed by atoms with van der Waals surface area (Å²) in [6, 6.07) is 2.28. The van der Waals surface area contributed by atoms with Gasteiger partial charge in [-0.2, -0.15) is 11.8 Å². The van der Waals surface area contributed by atoms with E-state index in [9.17, 15) is 0 Å². The molecule has 112 valence electrons. The first-order valence-corrected chi connectivity index (χ1v) is 8.63. The van der Waals surface area contributed by atoms with Gasteiger partial charge in [0.15, 0.2) is 5.82 Å². The van der Waals surface area contributed by atoms with Gasteiger partial charge in [0.2, 0.25) is 0 Å². The molecule has 0 radical (unpaired) electrons. The lowest BCUT2D eigenvalue weighted by Gasteiger charge is -2.14. The normalized spacial score (nSPS) is 22.1. The first kappa shape index (κ1) is 15.9. The van der Waals surface area contributed by atoms with Gasteiger partial charge < -0.3 is 10.1 Å². The predicted octanol–water partition coefficient (Wildman–Crippen LogP) is 3.75. The molecule has 1 heterocycles. The van der Waals surface area contributed by atoms with Crippen LogP contribution in [0.15, 0.2) is 6.07 Å². The monoisotopic (exact) mass is 315 g/mol. The van der Waals surface area contributed by atoms with Gasteiger partial charge in [-0.3, -0.25) is 0 Å². The molecule has 6 heteroatoms. The van der Waals surface area contributed by atoms with Gasteiger partial charge in [-0.05, 0) is 31.9 Å². The molecule has 1 aromatic rings. The summed E-state index contributed by atoms with van der Waals surface area (Å²) in [6.45, 7) is 5.23. The lowest BCUT2D eigenvalue weighted by atomic mass is 10.2. The maximum absolute atomic E-state index is 6.04. The number of anilines is 1. The summed E-state index contributed by atoms with van der Waals surface area (Å²) in [5.74, 6) is 2.64. The van der Waals surface area contributed by atoms with E-state index in [-0.39, 0.29) is 0 Å². The van der Waals surface area contributed by atoms with Crippen molar-refractivity contribution in [1.29, 1.82) is 0 Å². The molecule has 1 N–H and O–H groups in total. The van der Waals surface area contributed by atoms with Crippen LogP contribution in [0, 0.1) is 0 Å². The molecular formula is C14H22ClN3OS. The number of hydrogen-bond donors (Lipinski definition) is 1. The quantitative estimate of drug-likeness (QED) is 0.776. The number of ether oxygens (including phenoxy) is 1. The number of nitrogens with zero attached hydrogens (tertiary/aromatic N) is 2. The third-order valence-corrected chi connectivity index (χ3v) is 4.74. The lowest BCUT2D eigenvalue weighted by molar-refractivity contribution is 0.128. The van der Waals surface area contributed by atoms with E-state index >= 15 is 0 Å². The minimum absolute atomic E-state index is 0.407. The van der Waals surface area contributed by atoms with Gasteiger partial charge in [0.25, 0.3) is 0 Å². The van der Waals surface area contributed by atoms with Gasteiger partial charge >= 0.3 is 0 Å². The van der Waals surface area contributed by atoms with Crippen LogP contribution in [-0.4, -0.2) is 33.6 Å². The first-order chi connectivity index (χ1) is 9.71. The van der Waals surface area contributed by atoms with Crippen molar-refractivity contribution in [3.63, 3.8) is 0 Å². The highest BCUT2D eigenvalue weighted by molar-refractivity contribution is 7.99. The third-order valence-electron chi connectivity index (χ3n) is 3.32. The Morgan fingerprint density at radius 2 is 2.25 bits per heavy atom. The third kappa shape index (κ3) is 4.79. The number of nitrogens with one attached hydrogen (secondary N) is 1. The largest absolute Gasteiger partial charge is 0.374 e. The van der Waals surface area contributed by atoms with E-state index in [1.54, 1.807) is 6.07 Å². The molecule has 0 aliphatic heterocycles. The summed E-state index contributed by atoms with van der Waals surface area (Å²) in [7, 11) is 0. The van der Waals surface area contributed by atoms with Gasteiger partial charge in [0.05, 0.1) is 0 Å². The number of hydrogen-bond acceptors (Lipinski definition) is 5. The average molecular weight is 316 g/mol. The van der Waals surface area contributed by atoms with Crippen LogP contribution in [0.5, 0.6) is 0 Å². The standard InChI is InChI=1S/C14H22ClN3OS/c1-3-19-9-14-17-12(15)8-13(18-14)16-10-5-6-11(7-10)20-4-2/h8,10-11H,3-7,9H2,1-2H3,(H,16,17,18). The number of rotatable bonds is 7. The zero-order valence-electron chi connectivity index (χ0n) is 12.1. The maximum Gasteiger partial charge on any atom is 0.158 e. The van der Waals surface area contributed by atoms with Crippen molar-refractivity contribution < 1.29 is 4.74 Å². The minimum Gasteiger partial charge on any atom is -0.374 e. The second-order valence-corrected chi connectivity index (χ2v) is 6.83. The van der Waals surface area contributed by atoms with Gasteiger partial charge in [0, 0.05) is 24.0 Å². The van der Waals surface area contributed by atoms with Crippen LogP contribution in [0.4, 0.5) is 5.82 Å². The molecule has 20 heavy (non-hydrogen) atoms. The average Bonchev–Trinajstić information content (AvgIpc) is 2.83. The molecule has 1 fully saturated rings. The van der Waals surface area contributed by atoms with E-state index in [1.807, 2.05) is 6.92 Å². The Hall–Kier alpha value is -0.520. The van der Waals surface area contributed by atoms with Crippen LogP contribution in [0.25, 0.3) is 0 Å². The molecule has 0 spiro atoms. The predicted molar refractivity (Wildman–Crippen MR) is 85.6 cm³/mol. The second kappa shape index (κ2) is 8.05. The van der Waals surface area contributed by atoms with Crippen molar-refractivity contribution in [2.45, 2.75) is 51.0 Å². The summed E-state index contributed by atoms with van der Waals surface area (Å²) in [6.07, 6.45) is 3.67. The summed E-state index contributed by atoms with van der Waals surface area (Å²) in [5, 5.41) is 4.73. The second-order valence-electron chi connectivity index (χ2n) is 4.86. The Morgan fingerprint density at radius 3 is 3.00 bits per heavy atom. The highest BCUT2D eigenvalue weighted by Gasteiger charge is 2.24. The molecule has 1 saturated carbocycles. The van der Waals surface area contributed by atoms with E-state index in [2.05, 4.69) is 34.0 Å². The van der Waals surface area contributed by atoms with Gasteiger partial charge in [-0.15, -0.1) is 0 Å². The smallest absolute Gasteiger partial charge is 0.158 e. The van der Waals surface area contributed by atoms with Crippen molar-refractivity contribution in [1.82, 2.24) is 9.97 Å². The van der Waals surface area contributed by atoms with Crippen LogP contribution in [-0.2, 0) is 11.3 Å². The lowest BCUT2D eigenvalue weighted by Crippen LogP contribution is -2.17. The Balaban J connectivity index is 1.93. The summed E-state index contributed by atoms with van der Waals surface area (Å²) in [5.41, 5.74) is 0. The van der Waals surface area contributed by atoms with E-state index in [0.29, 0.717) is 30.2 Å². The maximum atomic E-state index is 6.04. The summed E-state index contributed by atoms with van der Waals surface area (Å²) >= 11 is 8.09. The van der Waals surface area contributed by atoms with E-state index in [4.69, 9.17) is 16.3 Å². The van der Waals surface area contributed by atoms with Gasteiger partial charge in [-0.25, -0.2) is 9.97 Å². The Bertz CT molecular complexity index is 433. The van der Waals surface area contributed by atoms with Crippen molar-refractivity contribution >= 4 is 29.2 Å². The zero-order valence-corrected chi connectivity index (χ0v) is 13.6. The van der Waals surface area contributed by atoms with E-state index < -0.39 is 0 Å². The van der Waals surface area contributed by atoms with Crippen LogP contribution >= 0.6 is 23.4 Å². The Morgan fingerprint density at radius 1 is 1.40 bits per heavy atom. The SMILES string of the molecule is CCOCc1nc(Cl)cc(NC2CCC(SCC)C2)n1. The molecule has 1 aromatic heterocycles. The fourth-order valence-electron chi connectivity index (χ4n) is 2.46. The highest BCUT2D eigenvalue weighted by atomic mass is 35.5. The molecule has 2 rings (SSSR count). The molecule has 0 bridgehead atoms. The fraction of sp³-hybridized carbons (Fsp3) is 0.714.